The van der Waals surface area contributed by atoms with Crippen LogP contribution in [-0.2, 0) is 16.0 Å². The molecule has 25 heavy (non-hydrogen) atoms. The van der Waals surface area contributed by atoms with Gasteiger partial charge in [0.2, 0.25) is 17.8 Å². The fourth-order valence-electron chi connectivity index (χ4n) is 3.26. The first-order chi connectivity index (χ1) is 11.8. The minimum absolute atomic E-state index is 0.0109. The van der Waals surface area contributed by atoms with Crippen LogP contribution in [0, 0.1) is 5.92 Å². The van der Waals surface area contributed by atoms with Crippen LogP contribution in [-0.4, -0.2) is 57.8 Å². The normalized spacial score (nSPS) is 22.8. The highest BCUT2D eigenvalue weighted by atomic mass is 16.2. The molecule has 2 aliphatic rings. The van der Waals surface area contributed by atoms with E-state index in [-0.39, 0.29) is 42.0 Å². The van der Waals surface area contributed by atoms with E-state index >= 15 is 0 Å². The fraction of sp³-hybridized carbons (Fsp3) is 0.562. The fourth-order valence-corrected chi connectivity index (χ4v) is 3.26. The third kappa shape index (κ3) is 3.70. The van der Waals surface area contributed by atoms with Gasteiger partial charge in [-0.2, -0.15) is 0 Å². The molecule has 4 N–H and O–H groups in total. The van der Waals surface area contributed by atoms with E-state index < -0.39 is 6.04 Å². The van der Waals surface area contributed by atoms with E-state index in [1.807, 2.05) is 0 Å². The molecule has 2 aliphatic heterocycles. The lowest BCUT2D eigenvalue weighted by Gasteiger charge is -2.28. The van der Waals surface area contributed by atoms with Crippen LogP contribution in [0.5, 0.6) is 0 Å². The summed E-state index contributed by atoms with van der Waals surface area (Å²) in [5.74, 6) is -0.257. The van der Waals surface area contributed by atoms with Crippen LogP contribution in [0.3, 0.4) is 0 Å². The monoisotopic (exact) mass is 346 g/mol. The number of carbonyl (C=O) groups excluding carboxylic acids is 3. The quantitative estimate of drug-likeness (QED) is 0.647. The van der Waals surface area contributed by atoms with Crippen LogP contribution < -0.4 is 16.4 Å². The van der Waals surface area contributed by atoms with Gasteiger partial charge in [0.15, 0.2) is 0 Å². The van der Waals surface area contributed by atoms with Crippen LogP contribution in [0.4, 0.5) is 5.95 Å². The predicted molar refractivity (Wildman–Crippen MR) is 89.4 cm³/mol. The van der Waals surface area contributed by atoms with Crippen molar-refractivity contribution in [1.82, 2.24) is 25.5 Å². The smallest absolute Gasteiger partial charge is 0.270 e. The zero-order valence-electron chi connectivity index (χ0n) is 14.3. The van der Waals surface area contributed by atoms with Gasteiger partial charge in [-0.05, 0) is 24.8 Å². The molecular formula is C16H22N6O3. The highest BCUT2D eigenvalue weighted by Crippen LogP contribution is 2.21. The number of nitrogens with one attached hydrogen (secondary N) is 2. The Morgan fingerprint density at radius 3 is 2.88 bits per heavy atom. The summed E-state index contributed by atoms with van der Waals surface area (Å²) in [6.07, 6.45) is 1.09. The molecule has 9 nitrogen and oxygen atoms in total. The molecule has 3 rings (SSSR count). The number of rotatable bonds is 4. The van der Waals surface area contributed by atoms with Crippen molar-refractivity contribution < 1.29 is 14.4 Å². The number of anilines is 1. The van der Waals surface area contributed by atoms with Crippen molar-refractivity contribution in [3.05, 3.63) is 17.5 Å². The van der Waals surface area contributed by atoms with E-state index in [9.17, 15) is 14.4 Å². The summed E-state index contributed by atoms with van der Waals surface area (Å²) < 4.78 is 0. The van der Waals surface area contributed by atoms with Crippen molar-refractivity contribution in [2.24, 2.45) is 5.92 Å². The summed E-state index contributed by atoms with van der Waals surface area (Å²) in [5, 5.41) is 5.40. The molecule has 2 fully saturated rings. The number of nitrogens with two attached hydrogens (primary N) is 1. The summed E-state index contributed by atoms with van der Waals surface area (Å²) in [6, 6.07) is 0.819. The van der Waals surface area contributed by atoms with Gasteiger partial charge in [0.05, 0.1) is 6.54 Å². The summed E-state index contributed by atoms with van der Waals surface area (Å²) in [7, 11) is 0. The zero-order chi connectivity index (χ0) is 18.1. The number of hydrogen-bond donors (Lipinski definition) is 3. The van der Waals surface area contributed by atoms with E-state index in [0.29, 0.717) is 31.0 Å². The van der Waals surface area contributed by atoms with Crippen molar-refractivity contribution >= 4 is 23.7 Å². The lowest BCUT2D eigenvalue weighted by molar-refractivity contribution is -0.143. The standard InChI is InChI=1S/C16H22N6O3/c1-8(2)3-9-4-11(21-16(17)20-9)14(24)19-10-5-12-15(25)18-6-13(23)22(12)7-10/h4,8,10,12H,3,5-7H2,1-2H3,(H,18,25)(H,19,24)(H2,17,20,21)/t10-,12-/m0/s1. The molecule has 0 unspecified atom stereocenters. The lowest BCUT2D eigenvalue weighted by Crippen LogP contribution is -2.55. The van der Waals surface area contributed by atoms with Gasteiger partial charge in [0.25, 0.3) is 5.91 Å². The third-order valence-electron chi connectivity index (χ3n) is 4.32. The Kier molecular flexibility index (Phi) is 4.56. The Balaban J connectivity index is 1.70. The average Bonchev–Trinajstić information content (AvgIpc) is 2.95. The SMILES string of the molecule is CC(C)Cc1cc(C(=O)N[C@H]2C[C@H]3C(=O)NCC(=O)N3C2)nc(N)n1. The highest BCUT2D eigenvalue weighted by molar-refractivity contribution is 5.96. The maximum Gasteiger partial charge on any atom is 0.270 e. The van der Waals surface area contributed by atoms with Crippen LogP contribution in [0.15, 0.2) is 6.07 Å². The molecular weight excluding hydrogens is 324 g/mol. The molecule has 0 aromatic carbocycles. The average molecular weight is 346 g/mol. The minimum Gasteiger partial charge on any atom is -0.368 e. The Labute approximate surface area is 145 Å². The zero-order valence-corrected chi connectivity index (χ0v) is 14.3. The Hall–Kier alpha value is -2.71. The molecule has 134 valence electrons. The van der Waals surface area contributed by atoms with Crippen LogP contribution in [0.2, 0.25) is 0 Å². The molecule has 2 saturated heterocycles. The molecule has 3 heterocycles. The number of piperazine rings is 1. The summed E-state index contributed by atoms with van der Waals surface area (Å²) in [4.78, 5) is 45.9. The maximum atomic E-state index is 12.5. The van der Waals surface area contributed by atoms with Gasteiger partial charge >= 0.3 is 0 Å². The molecule has 0 radical (unpaired) electrons. The first-order valence-corrected chi connectivity index (χ1v) is 8.35. The second-order valence-corrected chi connectivity index (χ2v) is 6.89. The van der Waals surface area contributed by atoms with Crippen LogP contribution in [0.25, 0.3) is 0 Å². The maximum absolute atomic E-state index is 12.5. The molecule has 3 amide bonds. The third-order valence-corrected chi connectivity index (χ3v) is 4.32. The predicted octanol–water partition coefficient (Wildman–Crippen LogP) is -0.914. The molecule has 0 spiro atoms. The molecule has 1 aromatic rings. The molecule has 2 atom stereocenters. The van der Waals surface area contributed by atoms with Gasteiger partial charge in [-0.15, -0.1) is 0 Å². The number of fused-ring (bicyclic) bond motifs is 1. The van der Waals surface area contributed by atoms with Gasteiger partial charge < -0.3 is 21.3 Å². The first-order valence-electron chi connectivity index (χ1n) is 8.35. The van der Waals surface area contributed by atoms with Crippen LogP contribution in [0.1, 0.15) is 36.5 Å². The van der Waals surface area contributed by atoms with Gasteiger partial charge in [-0.3, -0.25) is 14.4 Å². The molecule has 0 saturated carbocycles. The lowest BCUT2D eigenvalue weighted by atomic mass is 10.1. The highest BCUT2D eigenvalue weighted by Gasteiger charge is 2.42. The topological polar surface area (TPSA) is 130 Å². The number of carbonyl (C=O) groups is 3. The van der Waals surface area contributed by atoms with E-state index in [1.54, 1.807) is 6.07 Å². The molecule has 1 aromatic heterocycles. The Bertz CT molecular complexity index is 696. The molecule has 9 heteroatoms. The second-order valence-electron chi connectivity index (χ2n) is 6.89. The van der Waals surface area contributed by atoms with E-state index in [2.05, 4.69) is 34.4 Å². The van der Waals surface area contributed by atoms with E-state index in [1.165, 1.54) is 4.90 Å². The molecule has 0 aliphatic carbocycles. The summed E-state index contributed by atoms with van der Waals surface area (Å²) in [5.41, 5.74) is 6.62. The van der Waals surface area contributed by atoms with Crippen molar-refractivity contribution in [2.45, 2.75) is 38.8 Å². The van der Waals surface area contributed by atoms with Gasteiger partial charge in [0, 0.05) is 18.3 Å². The number of nitrogen functional groups attached to an aromatic ring is 1. The number of hydrogen-bond acceptors (Lipinski definition) is 6. The van der Waals surface area contributed by atoms with Crippen molar-refractivity contribution in [3.8, 4) is 0 Å². The van der Waals surface area contributed by atoms with Crippen LogP contribution >= 0.6 is 0 Å². The Morgan fingerprint density at radius 2 is 2.20 bits per heavy atom. The first kappa shape index (κ1) is 17.1. The van der Waals surface area contributed by atoms with Crippen molar-refractivity contribution in [1.29, 1.82) is 0 Å². The van der Waals surface area contributed by atoms with Gasteiger partial charge in [-0.25, -0.2) is 9.97 Å². The number of nitrogens with zero attached hydrogens (tertiary/aromatic N) is 3. The van der Waals surface area contributed by atoms with Crippen molar-refractivity contribution in [3.63, 3.8) is 0 Å². The van der Waals surface area contributed by atoms with Crippen molar-refractivity contribution in [2.75, 3.05) is 18.8 Å². The summed E-state index contributed by atoms with van der Waals surface area (Å²) >= 11 is 0. The largest absolute Gasteiger partial charge is 0.368 e. The minimum atomic E-state index is -0.515. The van der Waals surface area contributed by atoms with E-state index in [4.69, 9.17) is 5.73 Å². The number of aromatic nitrogens is 2. The summed E-state index contributed by atoms with van der Waals surface area (Å²) in [6.45, 7) is 4.43. The van der Waals surface area contributed by atoms with Gasteiger partial charge in [0.1, 0.15) is 11.7 Å². The number of amides is 3. The molecule has 0 bridgehead atoms. The van der Waals surface area contributed by atoms with Gasteiger partial charge in [-0.1, -0.05) is 13.8 Å². The van der Waals surface area contributed by atoms with E-state index in [0.717, 1.165) is 0 Å². The second kappa shape index (κ2) is 6.66. The Morgan fingerprint density at radius 1 is 1.44 bits per heavy atom.